The van der Waals surface area contributed by atoms with Crippen molar-refractivity contribution in [2.75, 3.05) is 19.3 Å². The molecule has 1 aromatic rings. The number of hydrogen-bond donors (Lipinski definition) is 2. The van der Waals surface area contributed by atoms with Crippen LogP contribution in [0.4, 0.5) is 0 Å². The minimum absolute atomic E-state index is 0.112. The summed E-state index contributed by atoms with van der Waals surface area (Å²) in [4.78, 5) is 0. The van der Waals surface area contributed by atoms with Crippen LogP contribution in [-0.2, 0) is 10.0 Å². The van der Waals surface area contributed by atoms with Crippen molar-refractivity contribution in [2.24, 2.45) is 0 Å². The van der Waals surface area contributed by atoms with Gasteiger partial charge in [0.1, 0.15) is 0 Å². The third kappa shape index (κ3) is 6.50. The van der Waals surface area contributed by atoms with Gasteiger partial charge < -0.3 is 5.32 Å². The predicted molar refractivity (Wildman–Crippen MR) is 84.2 cm³/mol. The fraction of sp³-hybridized carbons (Fsp3) is 0.600. The van der Waals surface area contributed by atoms with Crippen molar-refractivity contribution in [3.05, 3.63) is 35.9 Å². The van der Waals surface area contributed by atoms with Crippen molar-refractivity contribution in [2.45, 2.75) is 38.6 Å². The highest BCUT2D eigenvalue weighted by atomic mass is 32.2. The van der Waals surface area contributed by atoms with E-state index in [0.717, 1.165) is 12.8 Å². The highest BCUT2D eigenvalue weighted by Crippen LogP contribution is 2.19. The molecule has 1 atom stereocenters. The molecular formula is C15H26N2O2S. The van der Waals surface area contributed by atoms with E-state index in [0.29, 0.717) is 6.54 Å². The van der Waals surface area contributed by atoms with Gasteiger partial charge in [-0.1, -0.05) is 56.5 Å². The van der Waals surface area contributed by atoms with Crippen LogP contribution in [0.25, 0.3) is 0 Å². The van der Waals surface area contributed by atoms with E-state index >= 15 is 0 Å². The maximum absolute atomic E-state index is 11.4. The second-order valence-corrected chi connectivity index (χ2v) is 6.98. The molecule has 4 nitrogen and oxygen atoms in total. The number of benzene rings is 1. The maximum atomic E-state index is 11.4. The zero-order valence-corrected chi connectivity index (χ0v) is 13.2. The molecule has 1 rings (SSSR count). The smallest absolute Gasteiger partial charge is 0.212 e. The van der Waals surface area contributed by atoms with Crippen molar-refractivity contribution in [3.63, 3.8) is 0 Å². The van der Waals surface area contributed by atoms with Gasteiger partial charge in [-0.2, -0.15) is 0 Å². The summed E-state index contributed by atoms with van der Waals surface area (Å²) in [6.45, 7) is 2.65. The molecule has 0 aliphatic heterocycles. The van der Waals surface area contributed by atoms with Gasteiger partial charge in [-0.25, -0.2) is 13.1 Å². The van der Waals surface area contributed by atoms with Crippen molar-refractivity contribution in [3.8, 4) is 0 Å². The van der Waals surface area contributed by atoms with Gasteiger partial charge in [-0.15, -0.1) is 0 Å². The van der Waals surface area contributed by atoms with Gasteiger partial charge in [0.15, 0.2) is 0 Å². The van der Waals surface area contributed by atoms with Crippen LogP contribution in [0.2, 0.25) is 0 Å². The SMILES string of the molecule is CCCCCC(NCCS(=O)(=O)NC)c1ccccc1. The Balaban J connectivity index is 2.55. The second kappa shape index (κ2) is 9.10. The lowest BCUT2D eigenvalue weighted by atomic mass is 10.0. The topological polar surface area (TPSA) is 58.2 Å². The largest absolute Gasteiger partial charge is 0.309 e. The fourth-order valence-corrected chi connectivity index (χ4v) is 2.73. The molecule has 0 aromatic heterocycles. The van der Waals surface area contributed by atoms with E-state index in [1.54, 1.807) is 0 Å². The van der Waals surface area contributed by atoms with E-state index < -0.39 is 10.0 Å². The number of rotatable bonds is 10. The summed E-state index contributed by atoms with van der Waals surface area (Å²) in [5.41, 5.74) is 1.23. The Hall–Kier alpha value is -0.910. The fourth-order valence-electron chi connectivity index (χ4n) is 2.14. The first-order chi connectivity index (χ1) is 9.59. The van der Waals surface area contributed by atoms with Gasteiger partial charge in [-0.05, 0) is 19.0 Å². The van der Waals surface area contributed by atoms with Crippen LogP contribution in [0, 0.1) is 0 Å². The van der Waals surface area contributed by atoms with Gasteiger partial charge in [0, 0.05) is 12.6 Å². The van der Waals surface area contributed by atoms with Gasteiger partial charge in [0.2, 0.25) is 10.0 Å². The molecular weight excluding hydrogens is 272 g/mol. The van der Waals surface area contributed by atoms with Crippen molar-refractivity contribution in [1.82, 2.24) is 10.0 Å². The maximum Gasteiger partial charge on any atom is 0.212 e. The van der Waals surface area contributed by atoms with Crippen molar-refractivity contribution < 1.29 is 8.42 Å². The first-order valence-corrected chi connectivity index (χ1v) is 8.94. The molecule has 0 amide bonds. The summed E-state index contributed by atoms with van der Waals surface area (Å²) >= 11 is 0. The summed E-state index contributed by atoms with van der Waals surface area (Å²) < 4.78 is 25.2. The first kappa shape index (κ1) is 17.1. The third-order valence-corrected chi connectivity index (χ3v) is 4.73. The Bertz CT molecular complexity index is 460. The molecule has 0 saturated heterocycles. The highest BCUT2D eigenvalue weighted by molar-refractivity contribution is 7.89. The molecule has 114 valence electrons. The van der Waals surface area contributed by atoms with E-state index in [-0.39, 0.29) is 11.8 Å². The van der Waals surface area contributed by atoms with Crippen LogP contribution >= 0.6 is 0 Å². The van der Waals surface area contributed by atoms with Crippen LogP contribution in [-0.4, -0.2) is 27.8 Å². The third-order valence-electron chi connectivity index (χ3n) is 3.37. The van der Waals surface area contributed by atoms with Crippen LogP contribution in [0.15, 0.2) is 30.3 Å². The van der Waals surface area contributed by atoms with Gasteiger partial charge in [0.05, 0.1) is 5.75 Å². The minimum atomic E-state index is -3.14. The minimum Gasteiger partial charge on any atom is -0.309 e. The van der Waals surface area contributed by atoms with Gasteiger partial charge >= 0.3 is 0 Å². The van der Waals surface area contributed by atoms with Crippen LogP contribution in [0.3, 0.4) is 0 Å². The van der Waals surface area contributed by atoms with Crippen molar-refractivity contribution in [1.29, 1.82) is 0 Å². The first-order valence-electron chi connectivity index (χ1n) is 7.28. The van der Waals surface area contributed by atoms with E-state index in [2.05, 4.69) is 29.1 Å². The zero-order chi connectivity index (χ0) is 14.8. The normalized spacial score (nSPS) is 13.3. The summed E-state index contributed by atoms with van der Waals surface area (Å²) in [5, 5.41) is 3.37. The molecule has 0 heterocycles. The summed E-state index contributed by atoms with van der Waals surface area (Å²) in [7, 11) is -1.69. The molecule has 1 aromatic carbocycles. The number of sulfonamides is 1. The summed E-state index contributed by atoms with van der Waals surface area (Å²) in [6, 6.07) is 10.5. The summed E-state index contributed by atoms with van der Waals surface area (Å²) in [6.07, 6.45) is 4.59. The van der Waals surface area contributed by atoms with Gasteiger partial charge in [-0.3, -0.25) is 0 Å². The summed E-state index contributed by atoms with van der Waals surface area (Å²) in [5.74, 6) is 0.112. The Morgan fingerprint density at radius 3 is 2.45 bits per heavy atom. The highest BCUT2D eigenvalue weighted by Gasteiger charge is 2.12. The van der Waals surface area contributed by atoms with Crippen LogP contribution < -0.4 is 10.0 Å². The van der Waals surface area contributed by atoms with Crippen LogP contribution in [0.5, 0.6) is 0 Å². The molecule has 0 spiro atoms. The van der Waals surface area contributed by atoms with Crippen LogP contribution in [0.1, 0.15) is 44.2 Å². The molecule has 0 aliphatic rings. The molecule has 2 N–H and O–H groups in total. The average Bonchev–Trinajstić information content (AvgIpc) is 2.47. The predicted octanol–water partition coefficient (Wildman–Crippen LogP) is 2.45. The monoisotopic (exact) mass is 298 g/mol. The molecule has 1 unspecified atom stereocenters. The zero-order valence-electron chi connectivity index (χ0n) is 12.4. The molecule has 0 radical (unpaired) electrons. The van der Waals surface area contributed by atoms with Crippen molar-refractivity contribution >= 4 is 10.0 Å². The number of unbranched alkanes of at least 4 members (excludes halogenated alkanes) is 2. The number of nitrogens with one attached hydrogen (secondary N) is 2. The molecule has 0 bridgehead atoms. The standard InChI is InChI=1S/C15H26N2O2S/c1-3-4-6-11-15(14-9-7-5-8-10-14)17-12-13-20(18,19)16-2/h5,7-10,15-17H,3-4,6,11-13H2,1-2H3. The van der Waals surface area contributed by atoms with E-state index in [1.165, 1.54) is 25.5 Å². The van der Waals surface area contributed by atoms with E-state index in [9.17, 15) is 8.42 Å². The average molecular weight is 298 g/mol. The molecule has 0 fully saturated rings. The van der Waals surface area contributed by atoms with E-state index in [4.69, 9.17) is 0 Å². The Morgan fingerprint density at radius 1 is 1.15 bits per heavy atom. The van der Waals surface area contributed by atoms with Gasteiger partial charge in [0.25, 0.3) is 0 Å². The molecule has 0 saturated carbocycles. The lowest BCUT2D eigenvalue weighted by Crippen LogP contribution is -2.31. The molecule has 5 heteroatoms. The van der Waals surface area contributed by atoms with E-state index in [1.807, 2.05) is 18.2 Å². The molecule has 0 aliphatic carbocycles. The lowest BCUT2D eigenvalue weighted by molar-refractivity contribution is 0.484. The Labute approximate surface area is 123 Å². The number of hydrogen-bond acceptors (Lipinski definition) is 3. The molecule has 20 heavy (non-hydrogen) atoms. The second-order valence-electron chi connectivity index (χ2n) is 4.94. The Kier molecular flexibility index (Phi) is 7.80. The lowest BCUT2D eigenvalue weighted by Gasteiger charge is -2.19. The Morgan fingerprint density at radius 2 is 1.85 bits per heavy atom. The quantitative estimate of drug-likeness (QED) is 0.652.